The number of carbonyl (C=O) groups is 2. The minimum absolute atomic E-state index is 0. The van der Waals surface area contributed by atoms with Crippen molar-refractivity contribution < 1.29 is 40.6 Å². The molecule has 1 heterocycles. The number of Topliss-reactive ketones (excluding diaryl/α,β-unsaturated/α-hetero) is 1. The number of rotatable bonds is 0. The van der Waals surface area contributed by atoms with Gasteiger partial charge in [-0.1, -0.05) is 12.1 Å². The first-order valence-electron chi connectivity index (χ1n) is 3.24. The molecular weight excluding hydrogens is 165 g/mol. The predicted molar refractivity (Wildman–Crippen MR) is 40.5 cm³/mol. The van der Waals surface area contributed by atoms with E-state index in [1.165, 1.54) is 0 Å². The molecule has 1 aromatic carbocycles. The zero-order valence-electron chi connectivity index (χ0n) is 7.63. The molecule has 0 aliphatic carbocycles. The standard InChI is InChI=1S/C8H5NO2.Na.H/c10-7-5-3-1-2-4-6(5)9-8(7)11;;/h1-4H,(H,9,10,11);;/q;+1;-1. The molecule has 0 atom stereocenters. The molecule has 0 saturated carbocycles. The van der Waals surface area contributed by atoms with E-state index in [-0.39, 0.29) is 31.0 Å². The molecule has 0 fully saturated rings. The molecule has 3 nitrogen and oxygen atoms in total. The molecular formula is C8H6NNaO2. The molecule has 1 amide bonds. The van der Waals surface area contributed by atoms with Crippen LogP contribution in [0.2, 0.25) is 0 Å². The van der Waals surface area contributed by atoms with E-state index < -0.39 is 11.7 Å². The van der Waals surface area contributed by atoms with Gasteiger partial charge in [0, 0.05) is 0 Å². The summed E-state index contributed by atoms with van der Waals surface area (Å²) in [6.07, 6.45) is 0. The summed E-state index contributed by atoms with van der Waals surface area (Å²) < 4.78 is 0. The third-order valence-corrected chi connectivity index (χ3v) is 1.63. The van der Waals surface area contributed by atoms with Gasteiger partial charge >= 0.3 is 29.6 Å². The number of benzene rings is 1. The zero-order valence-corrected chi connectivity index (χ0v) is 8.63. The molecule has 0 unspecified atom stereocenters. The molecule has 0 spiro atoms. The largest absolute Gasteiger partial charge is 1.00 e. The Morgan fingerprint density at radius 3 is 2.50 bits per heavy atom. The van der Waals surface area contributed by atoms with Gasteiger partial charge in [0.1, 0.15) is 0 Å². The topological polar surface area (TPSA) is 46.2 Å². The van der Waals surface area contributed by atoms with E-state index in [1.54, 1.807) is 24.3 Å². The fraction of sp³-hybridized carbons (Fsp3) is 0. The van der Waals surface area contributed by atoms with E-state index >= 15 is 0 Å². The molecule has 56 valence electrons. The second-order valence-corrected chi connectivity index (χ2v) is 2.33. The number of ketones is 1. The summed E-state index contributed by atoms with van der Waals surface area (Å²) in [7, 11) is 0. The van der Waals surface area contributed by atoms with Crippen LogP contribution in [-0.2, 0) is 4.79 Å². The Hall–Kier alpha value is -0.640. The Balaban J connectivity index is 0.000000720. The van der Waals surface area contributed by atoms with Crippen LogP contribution in [0.1, 0.15) is 11.8 Å². The third kappa shape index (κ3) is 1.31. The molecule has 4 heteroatoms. The third-order valence-electron chi connectivity index (χ3n) is 1.63. The smallest absolute Gasteiger partial charge is 1.00 e. The van der Waals surface area contributed by atoms with Crippen molar-refractivity contribution in [1.82, 2.24) is 0 Å². The average Bonchev–Trinajstić information content (AvgIpc) is 2.30. The number of fused-ring (bicyclic) bond motifs is 1. The predicted octanol–water partition coefficient (Wildman–Crippen LogP) is -2.06. The number of amides is 1. The summed E-state index contributed by atoms with van der Waals surface area (Å²) in [5.41, 5.74) is 1.08. The molecule has 0 aromatic heterocycles. The maximum atomic E-state index is 11.0. The average molecular weight is 171 g/mol. The molecule has 1 aliphatic rings. The zero-order chi connectivity index (χ0) is 7.84. The summed E-state index contributed by atoms with van der Waals surface area (Å²) >= 11 is 0. The first kappa shape index (κ1) is 9.45. The Labute approximate surface area is 92.9 Å². The molecule has 0 saturated heterocycles. The van der Waals surface area contributed by atoms with Crippen LogP contribution in [0.3, 0.4) is 0 Å². The van der Waals surface area contributed by atoms with Gasteiger partial charge in [-0.05, 0) is 12.1 Å². The van der Waals surface area contributed by atoms with Crippen LogP contribution in [-0.4, -0.2) is 11.7 Å². The maximum Gasteiger partial charge on any atom is 1.00 e. The number of hydrogen-bond acceptors (Lipinski definition) is 2. The number of nitrogens with one attached hydrogen (secondary N) is 1. The minimum atomic E-state index is -0.536. The van der Waals surface area contributed by atoms with E-state index in [2.05, 4.69) is 5.32 Å². The van der Waals surface area contributed by atoms with Crippen LogP contribution in [0.5, 0.6) is 0 Å². The van der Waals surface area contributed by atoms with Gasteiger partial charge < -0.3 is 6.74 Å². The Kier molecular flexibility index (Phi) is 2.67. The van der Waals surface area contributed by atoms with Crippen molar-refractivity contribution in [3.05, 3.63) is 29.8 Å². The van der Waals surface area contributed by atoms with E-state index in [1.807, 2.05) is 0 Å². The molecule has 1 aliphatic heterocycles. The van der Waals surface area contributed by atoms with Gasteiger partial charge in [0.2, 0.25) is 0 Å². The first-order valence-corrected chi connectivity index (χ1v) is 3.24. The summed E-state index contributed by atoms with van der Waals surface area (Å²) in [6, 6.07) is 6.85. The van der Waals surface area contributed by atoms with Crippen molar-refractivity contribution >= 4 is 17.4 Å². The minimum Gasteiger partial charge on any atom is -1.00 e. The quantitative estimate of drug-likeness (QED) is 0.360. The van der Waals surface area contributed by atoms with Gasteiger partial charge in [-0.2, -0.15) is 0 Å². The van der Waals surface area contributed by atoms with Gasteiger partial charge in [0.05, 0.1) is 11.3 Å². The first-order chi connectivity index (χ1) is 5.29. The number of hydrogen-bond donors (Lipinski definition) is 1. The Morgan fingerprint density at radius 2 is 1.83 bits per heavy atom. The van der Waals surface area contributed by atoms with Crippen molar-refractivity contribution in [3.63, 3.8) is 0 Å². The number of carbonyl (C=O) groups excluding carboxylic acids is 2. The fourth-order valence-electron chi connectivity index (χ4n) is 1.09. The van der Waals surface area contributed by atoms with Gasteiger partial charge in [0.25, 0.3) is 11.7 Å². The molecule has 1 aromatic rings. The van der Waals surface area contributed by atoms with Gasteiger partial charge in [-0.25, -0.2) is 0 Å². The molecule has 12 heavy (non-hydrogen) atoms. The van der Waals surface area contributed by atoms with Crippen molar-refractivity contribution in [1.29, 1.82) is 0 Å². The van der Waals surface area contributed by atoms with Crippen molar-refractivity contribution in [3.8, 4) is 0 Å². The summed E-state index contributed by atoms with van der Waals surface area (Å²) in [6.45, 7) is 0. The molecule has 2 rings (SSSR count). The summed E-state index contributed by atoms with van der Waals surface area (Å²) in [5.74, 6) is -0.980. The van der Waals surface area contributed by atoms with Crippen molar-refractivity contribution in [2.45, 2.75) is 0 Å². The molecule has 0 radical (unpaired) electrons. The normalized spacial score (nSPS) is 13.3. The Bertz CT molecular complexity index is 354. The van der Waals surface area contributed by atoms with Crippen molar-refractivity contribution in [2.24, 2.45) is 0 Å². The van der Waals surface area contributed by atoms with Gasteiger partial charge in [-0.15, -0.1) is 0 Å². The molecule has 1 N–H and O–H groups in total. The van der Waals surface area contributed by atoms with Gasteiger partial charge in [-0.3, -0.25) is 9.59 Å². The molecule has 0 bridgehead atoms. The van der Waals surface area contributed by atoms with Crippen LogP contribution < -0.4 is 34.9 Å². The van der Waals surface area contributed by atoms with Crippen LogP contribution in [0.25, 0.3) is 0 Å². The summed E-state index contributed by atoms with van der Waals surface area (Å²) in [5, 5.41) is 2.46. The SMILES string of the molecule is O=C1Nc2ccccc2C1=O.[H-].[Na+]. The van der Waals surface area contributed by atoms with E-state index in [4.69, 9.17) is 0 Å². The van der Waals surface area contributed by atoms with E-state index in [0.29, 0.717) is 11.3 Å². The second-order valence-electron chi connectivity index (χ2n) is 2.33. The van der Waals surface area contributed by atoms with Crippen molar-refractivity contribution in [2.75, 3.05) is 5.32 Å². The van der Waals surface area contributed by atoms with Gasteiger partial charge in [0.15, 0.2) is 0 Å². The fourth-order valence-corrected chi connectivity index (χ4v) is 1.09. The van der Waals surface area contributed by atoms with Crippen LogP contribution >= 0.6 is 0 Å². The second kappa shape index (κ2) is 3.39. The van der Waals surface area contributed by atoms with Crippen LogP contribution in [0.15, 0.2) is 24.3 Å². The number of anilines is 1. The maximum absolute atomic E-state index is 11.0. The van der Waals surface area contributed by atoms with Crippen LogP contribution in [0.4, 0.5) is 5.69 Å². The summed E-state index contributed by atoms with van der Waals surface area (Å²) in [4.78, 5) is 21.8. The van der Waals surface area contributed by atoms with Crippen LogP contribution in [0, 0.1) is 0 Å². The monoisotopic (exact) mass is 171 g/mol. The van der Waals surface area contributed by atoms with E-state index in [9.17, 15) is 9.59 Å². The van der Waals surface area contributed by atoms with E-state index in [0.717, 1.165) is 0 Å². The Morgan fingerprint density at radius 1 is 1.17 bits per heavy atom. The number of para-hydroxylation sites is 1.